The van der Waals surface area contributed by atoms with Gasteiger partial charge in [-0.2, -0.15) is 5.10 Å². The zero-order valence-corrected chi connectivity index (χ0v) is 16.1. The number of cyclic esters (lactones) is 1. The van der Waals surface area contributed by atoms with Gasteiger partial charge < -0.3 is 14.6 Å². The van der Waals surface area contributed by atoms with Crippen molar-refractivity contribution in [1.82, 2.24) is 19.7 Å². The molecule has 5 rings (SSSR count). The van der Waals surface area contributed by atoms with Crippen molar-refractivity contribution in [2.75, 3.05) is 18.0 Å². The summed E-state index contributed by atoms with van der Waals surface area (Å²) in [6.45, 7) is 5.41. The largest absolute Gasteiger partial charge is 0.441 e. The predicted octanol–water partition coefficient (Wildman–Crippen LogP) is 2.89. The number of hydrogen-bond donors (Lipinski definition) is 1. The number of nitrogens with one attached hydrogen (secondary N) is 1. The minimum Gasteiger partial charge on any atom is -0.441 e. The minimum atomic E-state index is -0.579. The van der Waals surface area contributed by atoms with Crippen LogP contribution in [-0.2, 0) is 17.8 Å². The number of fused-ring (bicyclic) bond motifs is 2. The SMILES string of the molecule is CC1(C)CN(c2cnn3c2CN(C(=O)c2cc4c(F)cccc4[nH]2)CC3)C(=O)O1. The highest BCUT2D eigenvalue weighted by Crippen LogP contribution is 2.32. The normalized spacial score (nSPS) is 18.2. The number of nitrogens with zero attached hydrogens (tertiary/aromatic N) is 4. The maximum atomic E-state index is 14.0. The van der Waals surface area contributed by atoms with Crippen molar-refractivity contribution in [3.8, 4) is 0 Å². The van der Waals surface area contributed by atoms with E-state index in [1.54, 1.807) is 34.2 Å². The number of hydrogen-bond acceptors (Lipinski definition) is 4. The van der Waals surface area contributed by atoms with Crippen molar-refractivity contribution in [2.45, 2.75) is 32.5 Å². The number of aromatic nitrogens is 3. The summed E-state index contributed by atoms with van der Waals surface area (Å²) < 4.78 is 21.2. The molecular weight excluding hydrogens is 377 g/mol. The van der Waals surface area contributed by atoms with Crippen molar-refractivity contribution in [2.24, 2.45) is 0 Å². The second-order valence-electron chi connectivity index (χ2n) is 8.02. The van der Waals surface area contributed by atoms with Crippen LogP contribution in [0.25, 0.3) is 10.9 Å². The Balaban J connectivity index is 1.43. The van der Waals surface area contributed by atoms with Crippen LogP contribution in [0.3, 0.4) is 0 Å². The van der Waals surface area contributed by atoms with Gasteiger partial charge in [0.1, 0.15) is 17.1 Å². The molecule has 0 aliphatic carbocycles. The van der Waals surface area contributed by atoms with Crippen molar-refractivity contribution < 1.29 is 18.7 Å². The Morgan fingerprint density at radius 1 is 1.31 bits per heavy atom. The second kappa shape index (κ2) is 6.07. The maximum absolute atomic E-state index is 14.0. The van der Waals surface area contributed by atoms with E-state index < -0.39 is 11.7 Å². The number of H-pyrrole nitrogens is 1. The summed E-state index contributed by atoms with van der Waals surface area (Å²) in [5.41, 5.74) is 1.77. The molecule has 2 amide bonds. The number of anilines is 1. The fraction of sp³-hybridized carbons (Fsp3) is 0.350. The molecule has 29 heavy (non-hydrogen) atoms. The number of rotatable bonds is 2. The zero-order chi connectivity index (χ0) is 20.3. The number of aromatic amines is 1. The van der Waals surface area contributed by atoms with Gasteiger partial charge >= 0.3 is 6.09 Å². The lowest BCUT2D eigenvalue weighted by atomic mass is 10.1. The standard InChI is InChI=1S/C20H20FN5O3/c1-20(2)11-25(19(28)29-20)16-9-22-26-7-6-24(10-17(16)26)18(27)15-8-12-13(21)4-3-5-14(12)23-15/h3-5,8-9,23H,6-7,10-11H2,1-2H3. The van der Waals surface area contributed by atoms with Gasteiger partial charge in [0.15, 0.2) is 0 Å². The van der Waals surface area contributed by atoms with Crippen LogP contribution in [0.2, 0.25) is 0 Å². The first kappa shape index (κ1) is 17.7. The summed E-state index contributed by atoms with van der Waals surface area (Å²) in [6, 6.07) is 6.25. The molecule has 150 valence electrons. The molecule has 0 bridgehead atoms. The molecule has 1 N–H and O–H groups in total. The highest BCUT2D eigenvalue weighted by Gasteiger charge is 2.40. The summed E-state index contributed by atoms with van der Waals surface area (Å²) in [5.74, 6) is -0.588. The number of carbonyl (C=O) groups excluding carboxylic acids is 2. The summed E-state index contributed by atoms with van der Waals surface area (Å²) in [6.07, 6.45) is 1.23. The smallest absolute Gasteiger partial charge is 0.415 e. The summed E-state index contributed by atoms with van der Waals surface area (Å²) >= 11 is 0. The third-order valence-electron chi connectivity index (χ3n) is 5.39. The van der Waals surface area contributed by atoms with E-state index in [1.807, 2.05) is 18.5 Å². The van der Waals surface area contributed by atoms with Crippen molar-refractivity contribution in [3.63, 3.8) is 0 Å². The zero-order valence-electron chi connectivity index (χ0n) is 16.1. The van der Waals surface area contributed by atoms with Crippen LogP contribution in [0.1, 0.15) is 30.0 Å². The topological polar surface area (TPSA) is 83.5 Å². The lowest BCUT2D eigenvalue weighted by Crippen LogP contribution is -2.39. The Kier molecular flexibility index (Phi) is 3.71. The average Bonchev–Trinajstić information content (AvgIpc) is 3.35. The van der Waals surface area contributed by atoms with Gasteiger partial charge in [-0.3, -0.25) is 14.4 Å². The molecule has 1 aromatic carbocycles. The van der Waals surface area contributed by atoms with Gasteiger partial charge in [0, 0.05) is 17.4 Å². The number of benzene rings is 1. The summed E-state index contributed by atoms with van der Waals surface area (Å²) in [4.78, 5) is 31.6. The molecule has 0 atom stereocenters. The highest BCUT2D eigenvalue weighted by molar-refractivity contribution is 5.98. The molecular formula is C20H20FN5O3. The molecule has 8 nitrogen and oxygen atoms in total. The average molecular weight is 397 g/mol. The lowest BCUT2D eigenvalue weighted by molar-refractivity contribution is 0.0701. The number of carbonyl (C=O) groups is 2. The van der Waals surface area contributed by atoms with Crippen molar-refractivity contribution >= 4 is 28.6 Å². The van der Waals surface area contributed by atoms with E-state index >= 15 is 0 Å². The molecule has 0 spiro atoms. The Morgan fingerprint density at radius 3 is 2.86 bits per heavy atom. The number of ether oxygens (including phenoxy) is 1. The van der Waals surface area contributed by atoms with Gasteiger partial charge in [-0.15, -0.1) is 0 Å². The summed E-state index contributed by atoms with van der Waals surface area (Å²) in [7, 11) is 0. The van der Waals surface area contributed by atoms with Gasteiger partial charge in [-0.05, 0) is 32.0 Å². The Morgan fingerprint density at radius 2 is 2.14 bits per heavy atom. The van der Waals surface area contributed by atoms with E-state index in [2.05, 4.69) is 10.1 Å². The molecule has 0 saturated carbocycles. The molecule has 3 aromatic rings. The lowest BCUT2D eigenvalue weighted by Gasteiger charge is -2.29. The molecule has 2 aromatic heterocycles. The Labute approximate surface area is 165 Å². The molecule has 1 saturated heterocycles. The Bertz CT molecular complexity index is 1150. The van der Waals surface area contributed by atoms with Crippen LogP contribution in [0.4, 0.5) is 14.9 Å². The van der Waals surface area contributed by atoms with Crippen LogP contribution >= 0.6 is 0 Å². The minimum absolute atomic E-state index is 0.219. The second-order valence-corrected chi connectivity index (χ2v) is 8.02. The monoisotopic (exact) mass is 397 g/mol. The van der Waals surface area contributed by atoms with E-state index in [9.17, 15) is 14.0 Å². The first-order chi connectivity index (χ1) is 13.8. The van der Waals surface area contributed by atoms with Gasteiger partial charge in [-0.25, -0.2) is 9.18 Å². The molecule has 0 unspecified atom stereocenters. The van der Waals surface area contributed by atoms with Crippen molar-refractivity contribution in [3.05, 3.63) is 47.7 Å². The van der Waals surface area contributed by atoms with E-state index in [4.69, 9.17) is 4.74 Å². The van der Waals surface area contributed by atoms with E-state index in [0.29, 0.717) is 48.5 Å². The third-order valence-corrected chi connectivity index (χ3v) is 5.39. The highest BCUT2D eigenvalue weighted by atomic mass is 19.1. The molecule has 0 radical (unpaired) electrons. The Hall–Kier alpha value is -3.36. The molecule has 2 aliphatic rings. The third kappa shape index (κ3) is 2.84. The molecule has 9 heteroatoms. The van der Waals surface area contributed by atoms with Crippen LogP contribution in [0.5, 0.6) is 0 Å². The first-order valence-electron chi connectivity index (χ1n) is 9.44. The maximum Gasteiger partial charge on any atom is 0.415 e. The summed E-state index contributed by atoms with van der Waals surface area (Å²) in [5, 5.41) is 4.76. The quantitative estimate of drug-likeness (QED) is 0.721. The van der Waals surface area contributed by atoms with E-state index in [1.165, 1.54) is 6.07 Å². The molecule has 4 heterocycles. The first-order valence-corrected chi connectivity index (χ1v) is 9.44. The van der Waals surface area contributed by atoms with Crippen LogP contribution in [0, 0.1) is 5.82 Å². The van der Waals surface area contributed by atoms with Gasteiger partial charge in [0.25, 0.3) is 5.91 Å². The number of halogens is 1. The van der Waals surface area contributed by atoms with Crippen LogP contribution in [0.15, 0.2) is 30.5 Å². The fourth-order valence-corrected chi connectivity index (χ4v) is 3.99. The fourth-order valence-electron chi connectivity index (χ4n) is 3.99. The number of amides is 2. The van der Waals surface area contributed by atoms with Gasteiger partial charge in [0.2, 0.25) is 0 Å². The van der Waals surface area contributed by atoms with E-state index in [0.717, 1.165) is 5.69 Å². The molecule has 2 aliphatic heterocycles. The molecule has 1 fully saturated rings. The van der Waals surface area contributed by atoms with Crippen molar-refractivity contribution in [1.29, 1.82) is 0 Å². The van der Waals surface area contributed by atoms with Crippen LogP contribution in [-0.4, -0.2) is 50.4 Å². The van der Waals surface area contributed by atoms with Gasteiger partial charge in [0.05, 0.1) is 37.2 Å². The van der Waals surface area contributed by atoms with Gasteiger partial charge in [-0.1, -0.05) is 6.07 Å². The van der Waals surface area contributed by atoms with E-state index in [-0.39, 0.29) is 11.7 Å². The van der Waals surface area contributed by atoms with Crippen LogP contribution < -0.4 is 4.90 Å². The predicted molar refractivity (Wildman–Crippen MR) is 103 cm³/mol.